The van der Waals surface area contributed by atoms with Crippen LogP contribution in [0.1, 0.15) is 5.69 Å². The van der Waals surface area contributed by atoms with E-state index >= 15 is 0 Å². The summed E-state index contributed by atoms with van der Waals surface area (Å²) in [6.07, 6.45) is 5.57. The van der Waals surface area contributed by atoms with Crippen molar-refractivity contribution in [2.24, 2.45) is 0 Å². The minimum Gasteiger partial charge on any atom is -0.314 e. The van der Waals surface area contributed by atoms with Gasteiger partial charge in [0.2, 0.25) is 0 Å². The van der Waals surface area contributed by atoms with Crippen molar-refractivity contribution in [3.8, 4) is 5.69 Å². The average molecular weight is 239 g/mol. The van der Waals surface area contributed by atoms with Gasteiger partial charge in [0.15, 0.2) is 0 Å². The molecule has 0 saturated carbocycles. The van der Waals surface area contributed by atoms with Crippen LogP contribution in [0.4, 0.5) is 0 Å². The monoisotopic (exact) mass is 239 g/mol. The number of hydrogen-bond donors (Lipinski definition) is 1. The van der Waals surface area contributed by atoms with Gasteiger partial charge in [-0.3, -0.25) is 4.98 Å². The van der Waals surface area contributed by atoms with Gasteiger partial charge in [-0.2, -0.15) is 0 Å². The summed E-state index contributed by atoms with van der Waals surface area (Å²) in [6.45, 7) is 0.711. The van der Waals surface area contributed by atoms with Crippen LogP contribution in [0.2, 0.25) is 0 Å². The molecule has 3 aromatic rings. The normalized spacial score (nSPS) is 10.9. The van der Waals surface area contributed by atoms with Gasteiger partial charge in [-0.15, -0.1) is 5.10 Å². The summed E-state index contributed by atoms with van der Waals surface area (Å²) in [5.41, 5.74) is 1.91. The number of benzene rings is 1. The average Bonchev–Trinajstić information content (AvgIpc) is 2.87. The number of rotatable bonds is 3. The summed E-state index contributed by atoms with van der Waals surface area (Å²) in [4.78, 5) is 4.17. The zero-order valence-corrected chi connectivity index (χ0v) is 10.0. The molecule has 2 heterocycles. The molecule has 0 aliphatic carbocycles. The molecule has 90 valence electrons. The van der Waals surface area contributed by atoms with Gasteiger partial charge < -0.3 is 5.32 Å². The molecule has 0 bridgehead atoms. The molecule has 1 aromatic carbocycles. The molecule has 5 nitrogen and oxygen atoms in total. The Kier molecular flexibility index (Phi) is 2.74. The van der Waals surface area contributed by atoms with E-state index in [9.17, 15) is 0 Å². The number of nitrogens with zero attached hydrogens (tertiary/aromatic N) is 4. The number of nitrogens with one attached hydrogen (secondary N) is 1. The Labute approximate surface area is 104 Å². The number of hydrogen-bond acceptors (Lipinski definition) is 4. The van der Waals surface area contributed by atoms with Crippen molar-refractivity contribution >= 4 is 10.8 Å². The fourth-order valence-electron chi connectivity index (χ4n) is 1.98. The Morgan fingerprint density at radius 1 is 1.28 bits per heavy atom. The molecular weight excluding hydrogens is 226 g/mol. The molecule has 0 spiro atoms. The van der Waals surface area contributed by atoms with Crippen molar-refractivity contribution in [2.75, 3.05) is 7.05 Å². The van der Waals surface area contributed by atoms with E-state index in [1.807, 2.05) is 37.6 Å². The van der Waals surface area contributed by atoms with Gasteiger partial charge in [0.05, 0.1) is 17.6 Å². The molecule has 1 N–H and O–H groups in total. The molecule has 0 atom stereocenters. The van der Waals surface area contributed by atoms with E-state index in [0.29, 0.717) is 6.54 Å². The standard InChI is InChI=1S/C13H13N5/c1-14-7-11-9-18(17-16-11)13-4-2-3-10-5-6-15-8-12(10)13/h2-6,8-9,14H,7H2,1H3. The van der Waals surface area contributed by atoms with E-state index in [0.717, 1.165) is 22.2 Å². The third-order valence-corrected chi connectivity index (χ3v) is 2.81. The first-order chi connectivity index (χ1) is 8.88. The van der Waals surface area contributed by atoms with Gasteiger partial charge in [0.25, 0.3) is 0 Å². The van der Waals surface area contributed by atoms with E-state index in [-0.39, 0.29) is 0 Å². The molecule has 2 aromatic heterocycles. The fraction of sp³-hybridized carbons (Fsp3) is 0.154. The summed E-state index contributed by atoms with van der Waals surface area (Å²) < 4.78 is 1.79. The minimum absolute atomic E-state index is 0.711. The van der Waals surface area contributed by atoms with Gasteiger partial charge in [0, 0.05) is 24.3 Å². The first-order valence-corrected chi connectivity index (χ1v) is 5.77. The van der Waals surface area contributed by atoms with E-state index in [4.69, 9.17) is 0 Å². The lowest BCUT2D eigenvalue weighted by molar-refractivity contribution is 0.768. The Bertz CT molecular complexity index is 668. The van der Waals surface area contributed by atoms with E-state index in [2.05, 4.69) is 26.7 Å². The second kappa shape index (κ2) is 4.54. The lowest BCUT2D eigenvalue weighted by Crippen LogP contribution is -2.05. The van der Waals surface area contributed by atoms with Crippen molar-refractivity contribution < 1.29 is 0 Å². The summed E-state index contributed by atoms with van der Waals surface area (Å²) in [6, 6.07) is 8.08. The zero-order valence-electron chi connectivity index (χ0n) is 10.0. The smallest absolute Gasteiger partial charge is 0.0969 e. The van der Waals surface area contributed by atoms with Crippen LogP contribution in [0.25, 0.3) is 16.5 Å². The topological polar surface area (TPSA) is 55.6 Å². The highest BCUT2D eigenvalue weighted by atomic mass is 15.4. The number of aromatic nitrogens is 4. The highest BCUT2D eigenvalue weighted by Gasteiger charge is 2.05. The molecule has 0 amide bonds. The Morgan fingerprint density at radius 2 is 2.22 bits per heavy atom. The van der Waals surface area contributed by atoms with Crippen molar-refractivity contribution in [3.63, 3.8) is 0 Å². The van der Waals surface area contributed by atoms with Crippen molar-refractivity contribution in [2.45, 2.75) is 6.54 Å². The molecule has 3 rings (SSSR count). The minimum atomic E-state index is 0.711. The largest absolute Gasteiger partial charge is 0.314 e. The van der Waals surface area contributed by atoms with Gasteiger partial charge in [-0.05, 0) is 24.6 Å². The predicted molar refractivity (Wildman–Crippen MR) is 69.4 cm³/mol. The highest BCUT2D eigenvalue weighted by Crippen LogP contribution is 2.20. The summed E-state index contributed by atoms with van der Waals surface area (Å²) in [7, 11) is 1.89. The fourth-order valence-corrected chi connectivity index (χ4v) is 1.98. The maximum atomic E-state index is 4.17. The van der Waals surface area contributed by atoms with E-state index < -0.39 is 0 Å². The zero-order chi connectivity index (χ0) is 12.4. The van der Waals surface area contributed by atoms with Gasteiger partial charge in [-0.1, -0.05) is 17.3 Å². The molecule has 0 fully saturated rings. The SMILES string of the molecule is CNCc1cn(-c2cccc3ccncc23)nn1. The van der Waals surface area contributed by atoms with Crippen molar-refractivity contribution in [1.82, 2.24) is 25.3 Å². The second-order valence-electron chi connectivity index (χ2n) is 4.06. The van der Waals surface area contributed by atoms with Gasteiger partial charge in [0.1, 0.15) is 0 Å². The Morgan fingerprint density at radius 3 is 3.11 bits per heavy atom. The molecule has 18 heavy (non-hydrogen) atoms. The Balaban J connectivity index is 2.12. The quantitative estimate of drug-likeness (QED) is 0.753. The van der Waals surface area contributed by atoms with E-state index in [1.165, 1.54) is 0 Å². The molecule has 0 unspecified atom stereocenters. The van der Waals surface area contributed by atoms with Crippen molar-refractivity contribution in [1.29, 1.82) is 0 Å². The van der Waals surface area contributed by atoms with Crippen LogP contribution in [0.3, 0.4) is 0 Å². The third-order valence-electron chi connectivity index (χ3n) is 2.81. The van der Waals surface area contributed by atoms with Crippen molar-refractivity contribution in [3.05, 3.63) is 48.5 Å². The third kappa shape index (κ3) is 1.84. The number of pyridine rings is 1. The van der Waals surface area contributed by atoms with Crippen LogP contribution in [-0.2, 0) is 6.54 Å². The van der Waals surface area contributed by atoms with Crippen LogP contribution >= 0.6 is 0 Å². The van der Waals surface area contributed by atoms with Crippen LogP contribution in [0, 0.1) is 0 Å². The molecule has 0 aliphatic heterocycles. The summed E-state index contributed by atoms with van der Waals surface area (Å²) in [5, 5.41) is 13.5. The van der Waals surface area contributed by atoms with Crippen LogP contribution in [0.5, 0.6) is 0 Å². The lowest BCUT2D eigenvalue weighted by Gasteiger charge is -2.04. The number of fused-ring (bicyclic) bond motifs is 1. The van der Waals surface area contributed by atoms with Crippen LogP contribution in [-0.4, -0.2) is 27.0 Å². The van der Waals surface area contributed by atoms with Crippen LogP contribution in [0.15, 0.2) is 42.9 Å². The highest BCUT2D eigenvalue weighted by molar-refractivity contribution is 5.89. The first kappa shape index (κ1) is 10.9. The molecular formula is C13H13N5. The second-order valence-corrected chi connectivity index (χ2v) is 4.06. The first-order valence-electron chi connectivity index (χ1n) is 5.77. The molecule has 0 saturated heterocycles. The predicted octanol–water partition coefficient (Wildman–Crippen LogP) is 1.53. The maximum Gasteiger partial charge on any atom is 0.0969 e. The summed E-state index contributed by atoms with van der Waals surface area (Å²) in [5.74, 6) is 0. The van der Waals surface area contributed by atoms with Crippen LogP contribution < -0.4 is 5.32 Å². The lowest BCUT2D eigenvalue weighted by atomic mass is 10.1. The Hall–Kier alpha value is -2.27. The van der Waals surface area contributed by atoms with E-state index in [1.54, 1.807) is 10.9 Å². The molecule has 0 radical (unpaired) electrons. The summed E-state index contributed by atoms with van der Waals surface area (Å²) >= 11 is 0. The molecule has 5 heteroatoms. The van der Waals surface area contributed by atoms with Gasteiger partial charge >= 0.3 is 0 Å². The molecule has 0 aliphatic rings. The maximum absolute atomic E-state index is 4.17. The van der Waals surface area contributed by atoms with Gasteiger partial charge in [-0.25, -0.2) is 4.68 Å².